The van der Waals surface area contributed by atoms with E-state index in [1.165, 1.54) is 17.0 Å². The van der Waals surface area contributed by atoms with Crippen LogP contribution in [0.1, 0.15) is 25.1 Å². The average molecular weight is 331 g/mol. The first-order valence-electron chi connectivity index (χ1n) is 7.49. The molecule has 1 amide bonds. The maximum Gasteiger partial charge on any atom is 0.246 e. The molecule has 2 aromatic rings. The van der Waals surface area contributed by atoms with Crippen molar-refractivity contribution in [1.82, 2.24) is 10.4 Å². The second kappa shape index (κ2) is 8.28. The highest BCUT2D eigenvalue weighted by Crippen LogP contribution is 2.14. The van der Waals surface area contributed by atoms with Gasteiger partial charge in [0.05, 0.1) is 18.3 Å². The Morgan fingerprint density at radius 3 is 2.61 bits per heavy atom. The molecule has 0 bridgehead atoms. The number of anilines is 2. The molecule has 0 spiro atoms. The number of carbonyl (C=O) groups excluding carboxylic acids is 1. The van der Waals surface area contributed by atoms with E-state index in [2.05, 4.69) is 34.3 Å². The molecule has 0 aliphatic carbocycles. The zero-order valence-electron chi connectivity index (χ0n) is 13.3. The molecule has 0 aliphatic rings. The monoisotopic (exact) mass is 331 g/mol. The van der Waals surface area contributed by atoms with Crippen LogP contribution in [-0.4, -0.2) is 30.2 Å². The normalized spacial score (nSPS) is 10.9. The summed E-state index contributed by atoms with van der Waals surface area (Å²) in [6, 6.07) is 8.05. The number of nitrogens with two attached hydrogens (primary N) is 1. The van der Waals surface area contributed by atoms with Crippen molar-refractivity contribution in [2.24, 2.45) is 5.10 Å². The summed E-state index contributed by atoms with van der Waals surface area (Å²) in [7, 11) is 0. The van der Waals surface area contributed by atoms with Gasteiger partial charge >= 0.3 is 0 Å². The lowest BCUT2D eigenvalue weighted by molar-refractivity contribution is -0.120. The van der Waals surface area contributed by atoms with Gasteiger partial charge in [-0.3, -0.25) is 4.79 Å². The van der Waals surface area contributed by atoms with Gasteiger partial charge in [0.25, 0.3) is 0 Å². The van der Waals surface area contributed by atoms with Crippen LogP contribution in [0.4, 0.5) is 10.8 Å². The smallest absolute Gasteiger partial charge is 0.246 e. The van der Waals surface area contributed by atoms with Crippen molar-refractivity contribution in [3.63, 3.8) is 0 Å². The van der Waals surface area contributed by atoms with Crippen molar-refractivity contribution < 1.29 is 4.79 Å². The summed E-state index contributed by atoms with van der Waals surface area (Å²) in [6.45, 7) is 6.21. The highest BCUT2D eigenvalue weighted by Gasteiger charge is 2.05. The van der Waals surface area contributed by atoms with Crippen LogP contribution in [0.2, 0.25) is 0 Å². The van der Waals surface area contributed by atoms with E-state index in [4.69, 9.17) is 5.73 Å². The molecular formula is C16H21N5OS. The van der Waals surface area contributed by atoms with Crippen LogP contribution >= 0.6 is 11.3 Å². The SMILES string of the molecule is CCN(CC)c1ccc(/C=N/NC(=O)Cc2csc(N)n2)cc1. The minimum Gasteiger partial charge on any atom is -0.375 e. The van der Waals surface area contributed by atoms with Crippen LogP contribution < -0.4 is 16.1 Å². The molecule has 0 atom stereocenters. The number of nitrogens with one attached hydrogen (secondary N) is 1. The molecule has 7 heteroatoms. The van der Waals surface area contributed by atoms with E-state index in [-0.39, 0.29) is 12.3 Å². The number of benzene rings is 1. The van der Waals surface area contributed by atoms with E-state index in [9.17, 15) is 4.79 Å². The molecule has 0 fully saturated rings. The fourth-order valence-electron chi connectivity index (χ4n) is 2.15. The third kappa shape index (κ3) is 5.07. The Bertz CT molecular complexity index is 661. The van der Waals surface area contributed by atoms with Gasteiger partial charge in [-0.05, 0) is 31.5 Å². The number of aromatic nitrogens is 1. The summed E-state index contributed by atoms with van der Waals surface area (Å²) in [5.41, 5.74) is 10.8. The standard InChI is InChI=1S/C16H21N5OS/c1-3-21(4-2)14-7-5-12(6-8-14)10-18-20-15(22)9-13-11-23-16(17)19-13/h5-8,10-11H,3-4,9H2,1-2H3,(H2,17,19)(H,20,22)/b18-10+. The Morgan fingerprint density at radius 2 is 2.04 bits per heavy atom. The lowest BCUT2D eigenvalue weighted by Gasteiger charge is -2.20. The molecule has 6 nitrogen and oxygen atoms in total. The van der Waals surface area contributed by atoms with Crippen LogP contribution in [0.25, 0.3) is 0 Å². The van der Waals surface area contributed by atoms with Crippen LogP contribution in [0.15, 0.2) is 34.7 Å². The van der Waals surface area contributed by atoms with Crippen molar-refractivity contribution in [3.8, 4) is 0 Å². The van der Waals surface area contributed by atoms with Gasteiger partial charge in [-0.15, -0.1) is 11.3 Å². The number of hydrazone groups is 1. The summed E-state index contributed by atoms with van der Waals surface area (Å²) in [6.07, 6.45) is 1.80. The van der Waals surface area contributed by atoms with Gasteiger partial charge in [-0.1, -0.05) is 12.1 Å². The second-order valence-electron chi connectivity index (χ2n) is 4.91. The number of amides is 1. The van der Waals surface area contributed by atoms with Crippen molar-refractivity contribution in [2.75, 3.05) is 23.7 Å². The third-order valence-electron chi connectivity index (χ3n) is 3.34. The second-order valence-corrected chi connectivity index (χ2v) is 5.80. The van der Waals surface area contributed by atoms with E-state index < -0.39 is 0 Å². The largest absolute Gasteiger partial charge is 0.375 e. The summed E-state index contributed by atoms with van der Waals surface area (Å²) in [4.78, 5) is 18.0. The van der Waals surface area contributed by atoms with Gasteiger partial charge in [0.15, 0.2) is 5.13 Å². The highest BCUT2D eigenvalue weighted by molar-refractivity contribution is 7.13. The lowest BCUT2D eigenvalue weighted by Crippen LogP contribution is -2.21. The van der Waals surface area contributed by atoms with Crippen LogP contribution in [-0.2, 0) is 11.2 Å². The first-order valence-corrected chi connectivity index (χ1v) is 8.37. The molecule has 0 aliphatic heterocycles. The first-order chi connectivity index (χ1) is 11.1. The van der Waals surface area contributed by atoms with E-state index in [1.54, 1.807) is 11.6 Å². The van der Waals surface area contributed by atoms with E-state index in [0.717, 1.165) is 18.7 Å². The maximum atomic E-state index is 11.7. The number of rotatable bonds is 7. The number of carbonyl (C=O) groups is 1. The number of hydrogen-bond acceptors (Lipinski definition) is 6. The number of nitrogen functional groups attached to an aromatic ring is 1. The van der Waals surface area contributed by atoms with Gasteiger partial charge in [-0.25, -0.2) is 10.4 Å². The zero-order chi connectivity index (χ0) is 16.7. The number of thiazole rings is 1. The van der Waals surface area contributed by atoms with Gasteiger partial charge in [0, 0.05) is 24.2 Å². The fourth-order valence-corrected chi connectivity index (χ4v) is 2.71. The maximum absolute atomic E-state index is 11.7. The Morgan fingerprint density at radius 1 is 1.35 bits per heavy atom. The van der Waals surface area contributed by atoms with Crippen LogP contribution in [0.5, 0.6) is 0 Å². The summed E-state index contributed by atoms with van der Waals surface area (Å²) in [5, 5.41) is 6.20. The lowest BCUT2D eigenvalue weighted by atomic mass is 10.2. The first kappa shape index (κ1) is 17.0. The summed E-state index contributed by atoms with van der Waals surface area (Å²) >= 11 is 1.32. The molecule has 2 rings (SSSR count). The van der Waals surface area contributed by atoms with E-state index in [1.807, 2.05) is 24.3 Å². The van der Waals surface area contributed by atoms with Gasteiger partial charge in [0.1, 0.15) is 0 Å². The molecular weight excluding hydrogens is 310 g/mol. The van der Waals surface area contributed by atoms with Crippen molar-refractivity contribution in [1.29, 1.82) is 0 Å². The van der Waals surface area contributed by atoms with Crippen molar-refractivity contribution in [3.05, 3.63) is 40.9 Å². The molecule has 3 N–H and O–H groups in total. The highest BCUT2D eigenvalue weighted by atomic mass is 32.1. The predicted octanol–water partition coefficient (Wildman–Crippen LogP) is 2.26. The predicted molar refractivity (Wildman–Crippen MR) is 96.0 cm³/mol. The zero-order valence-corrected chi connectivity index (χ0v) is 14.1. The van der Waals surface area contributed by atoms with Crippen molar-refractivity contribution in [2.45, 2.75) is 20.3 Å². The Kier molecular flexibility index (Phi) is 6.10. The summed E-state index contributed by atoms with van der Waals surface area (Å²) in [5.74, 6) is -0.216. The average Bonchev–Trinajstić information content (AvgIpc) is 2.95. The topological polar surface area (TPSA) is 83.6 Å². The molecule has 122 valence electrons. The van der Waals surface area contributed by atoms with E-state index >= 15 is 0 Å². The van der Waals surface area contributed by atoms with E-state index in [0.29, 0.717) is 10.8 Å². The Balaban J connectivity index is 1.86. The van der Waals surface area contributed by atoms with Gasteiger partial charge in [0.2, 0.25) is 5.91 Å². The fraction of sp³-hybridized carbons (Fsp3) is 0.312. The molecule has 1 heterocycles. The molecule has 23 heavy (non-hydrogen) atoms. The number of nitrogens with zero attached hydrogens (tertiary/aromatic N) is 3. The van der Waals surface area contributed by atoms with Gasteiger partial charge in [-0.2, -0.15) is 5.10 Å². The Labute approximate surface area is 140 Å². The van der Waals surface area contributed by atoms with Crippen LogP contribution in [0, 0.1) is 0 Å². The summed E-state index contributed by atoms with van der Waals surface area (Å²) < 4.78 is 0. The third-order valence-corrected chi connectivity index (χ3v) is 4.06. The minimum atomic E-state index is -0.216. The van der Waals surface area contributed by atoms with Crippen LogP contribution in [0.3, 0.4) is 0 Å². The molecule has 0 unspecified atom stereocenters. The molecule has 1 aromatic heterocycles. The molecule has 0 saturated carbocycles. The Hall–Kier alpha value is -2.41. The number of hydrogen-bond donors (Lipinski definition) is 2. The minimum absolute atomic E-state index is 0.173. The van der Waals surface area contributed by atoms with Gasteiger partial charge < -0.3 is 10.6 Å². The molecule has 0 radical (unpaired) electrons. The quantitative estimate of drug-likeness (QED) is 0.602. The molecule has 0 saturated heterocycles. The van der Waals surface area contributed by atoms with Crippen molar-refractivity contribution >= 4 is 34.3 Å². The molecule has 1 aromatic carbocycles.